The average Bonchev–Trinajstić information content (AvgIpc) is 2.38. The second-order valence-corrected chi connectivity index (χ2v) is 4.95. The van der Waals surface area contributed by atoms with Gasteiger partial charge in [0.2, 0.25) is 5.95 Å². The first-order valence-electron chi connectivity index (χ1n) is 6.04. The van der Waals surface area contributed by atoms with Crippen LogP contribution >= 0.6 is 12.2 Å². The molecule has 0 aliphatic carbocycles. The van der Waals surface area contributed by atoms with Gasteiger partial charge in [0.05, 0.1) is 0 Å². The van der Waals surface area contributed by atoms with Gasteiger partial charge in [0.25, 0.3) is 0 Å². The maximum Gasteiger partial charge on any atom is 0.226 e. The predicted octanol–water partition coefficient (Wildman–Crippen LogP) is 1.03. The number of aromatic nitrogens is 2. The van der Waals surface area contributed by atoms with Crippen LogP contribution in [0.15, 0.2) is 6.07 Å². The van der Waals surface area contributed by atoms with E-state index in [9.17, 15) is 0 Å². The fourth-order valence-corrected chi connectivity index (χ4v) is 2.18. The van der Waals surface area contributed by atoms with Gasteiger partial charge < -0.3 is 15.4 Å². The van der Waals surface area contributed by atoms with Gasteiger partial charge >= 0.3 is 0 Å². The molecule has 2 heterocycles. The number of rotatable bonds is 3. The van der Waals surface area contributed by atoms with Crippen LogP contribution in [0.4, 0.5) is 5.95 Å². The van der Waals surface area contributed by atoms with E-state index in [2.05, 4.69) is 14.9 Å². The Morgan fingerprint density at radius 1 is 1.44 bits per heavy atom. The Labute approximate surface area is 112 Å². The van der Waals surface area contributed by atoms with Gasteiger partial charge in [-0.25, -0.2) is 9.97 Å². The lowest BCUT2D eigenvalue weighted by molar-refractivity contribution is 0.0852. The van der Waals surface area contributed by atoms with Crippen molar-refractivity contribution >= 4 is 23.2 Å². The van der Waals surface area contributed by atoms with Crippen LogP contribution in [0.25, 0.3) is 0 Å². The second-order valence-electron chi connectivity index (χ2n) is 4.51. The van der Waals surface area contributed by atoms with Crippen LogP contribution < -0.4 is 10.6 Å². The van der Waals surface area contributed by atoms with Crippen molar-refractivity contribution in [1.29, 1.82) is 0 Å². The van der Waals surface area contributed by atoms with Crippen molar-refractivity contribution in [3.8, 4) is 0 Å². The van der Waals surface area contributed by atoms with Gasteiger partial charge in [-0.05, 0) is 25.8 Å². The van der Waals surface area contributed by atoms with Gasteiger partial charge in [-0.15, -0.1) is 0 Å². The number of aryl methyl sites for hydroxylation is 1. The van der Waals surface area contributed by atoms with Crippen LogP contribution in [0, 0.1) is 6.92 Å². The number of ether oxygens (including phenoxy) is 1. The van der Waals surface area contributed by atoms with Gasteiger partial charge in [-0.1, -0.05) is 12.2 Å². The normalized spacial score (nSPS) is 16.6. The van der Waals surface area contributed by atoms with E-state index >= 15 is 0 Å². The van der Waals surface area contributed by atoms with E-state index in [1.54, 1.807) is 0 Å². The lowest BCUT2D eigenvalue weighted by Gasteiger charge is -2.31. The highest BCUT2D eigenvalue weighted by Crippen LogP contribution is 2.18. The molecule has 1 fully saturated rings. The van der Waals surface area contributed by atoms with Crippen molar-refractivity contribution in [2.24, 2.45) is 5.73 Å². The summed E-state index contributed by atoms with van der Waals surface area (Å²) in [6.45, 7) is 3.51. The van der Waals surface area contributed by atoms with Crippen molar-refractivity contribution < 1.29 is 4.74 Å². The lowest BCUT2D eigenvalue weighted by Crippen LogP contribution is -2.38. The van der Waals surface area contributed by atoms with Crippen LogP contribution in [-0.4, -0.2) is 41.3 Å². The standard InChI is InChI=1S/C12H18N4OS/c1-8-7-10(11(13)18)15-12(14-8)16(2)9-3-5-17-6-4-9/h7,9H,3-6H2,1-2H3,(H2,13,18). The molecule has 2 rings (SSSR count). The van der Waals surface area contributed by atoms with Crippen LogP contribution in [0.5, 0.6) is 0 Å². The summed E-state index contributed by atoms with van der Waals surface area (Å²) >= 11 is 4.97. The first-order valence-corrected chi connectivity index (χ1v) is 6.45. The van der Waals surface area contributed by atoms with E-state index < -0.39 is 0 Å². The number of hydrogen-bond donors (Lipinski definition) is 1. The Bertz CT molecular complexity index is 446. The average molecular weight is 266 g/mol. The molecule has 2 N–H and O–H groups in total. The van der Waals surface area contributed by atoms with E-state index in [-0.39, 0.29) is 0 Å². The molecule has 1 aromatic rings. The summed E-state index contributed by atoms with van der Waals surface area (Å²) < 4.78 is 5.36. The number of hydrogen-bond acceptors (Lipinski definition) is 5. The molecule has 0 radical (unpaired) electrons. The van der Waals surface area contributed by atoms with E-state index in [0.717, 1.165) is 31.7 Å². The van der Waals surface area contributed by atoms with Crippen molar-refractivity contribution in [1.82, 2.24) is 9.97 Å². The zero-order valence-electron chi connectivity index (χ0n) is 10.7. The van der Waals surface area contributed by atoms with Crippen LogP contribution in [0.1, 0.15) is 24.2 Å². The number of anilines is 1. The Kier molecular flexibility index (Phi) is 4.08. The minimum absolute atomic E-state index is 0.308. The van der Waals surface area contributed by atoms with Gasteiger partial charge in [-0.3, -0.25) is 0 Å². The molecule has 1 aromatic heterocycles. The smallest absolute Gasteiger partial charge is 0.226 e. The number of nitrogens with two attached hydrogens (primary N) is 1. The Hall–Kier alpha value is -1.27. The molecule has 0 spiro atoms. The Morgan fingerprint density at radius 3 is 2.72 bits per heavy atom. The van der Waals surface area contributed by atoms with Gasteiger partial charge in [-0.2, -0.15) is 0 Å². The summed E-state index contributed by atoms with van der Waals surface area (Å²) in [6, 6.07) is 2.23. The second kappa shape index (κ2) is 5.58. The summed E-state index contributed by atoms with van der Waals surface area (Å²) in [5.74, 6) is 0.685. The molecule has 6 heteroatoms. The summed E-state index contributed by atoms with van der Waals surface area (Å²) in [6.07, 6.45) is 1.99. The highest BCUT2D eigenvalue weighted by molar-refractivity contribution is 7.80. The zero-order valence-corrected chi connectivity index (χ0v) is 11.5. The molecule has 0 amide bonds. The molecule has 0 atom stereocenters. The van der Waals surface area contributed by atoms with Crippen LogP contribution in [0.3, 0.4) is 0 Å². The largest absolute Gasteiger partial charge is 0.388 e. The number of thiocarbonyl (C=S) groups is 1. The predicted molar refractivity (Wildman–Crippen MR) is 74.9 cm³/mol. The fraction of sp³-hybridized carbons (Fsp3) is 0.583. The first kappa shape index (κ1) is 13.2. The van der Waals surface area contributed by atoms with E-state index in [4.69, 9.17) is 22.7 Å². The van der Waals surface area contributed by atoms with Crippen molar-refractivity contribution in [2.75, 3.05) is 25.2 Å². The summed E-state index contributed by atoms with van der Waals surface area (Å²) in [7, 11) is 2.01. The SMILES string of the molecule is Cc1cc(C(N)=S)nc(N(C)C2CCOCC2)n1. The van der Waals surface area contributed by atoms with E-state index in [1.807, 2.05) is 20.0 Å². The molecule has 1 aliphatic heterocycles. The number of nitrogens with zero attached hydrogens (tertiary/aromatic N) is 3. The van der Waals surface area contributed by atoms with Crippen molar-refractivity contribution in [3.05, 3.63) is 17.5 Å². The lowest BCUT2D eigenvalue weighted by atomic mass is 10.1. The topological polar surface area (TPSA) is 64.3 Å². The molecule has 1 aliphatic rings. The monoisotopic (exact) mass is 266 g/mol. The summed E-state index contributed by atoms with van der Waals surface area (Å²) in [4.78, 5) is 11.3. The molecule has 98 valence electrons. The van der Waals surface area contributed by atoms with Gasteiger partial charge in [0.1, 0.15) is 10.7 Å². The molecular formula is C12H18N4OS. The van der Waals surface area contributed by atoms with E-state index in [0.29, 0.717) is 22.7 Å². The molecular weight excluding hydrogens is 248 g/mol. The van der Waals surface area contributed by atoms with Gasteiger partial charge in [0, 0.05) is 32.0 Å². The van der Waals surface area contributed by atoms with Crippen molar-refractivity contribution in [3.63, 3.8) is 0 Å². The molecule has 1 saturated heterocycles. The van der Waals surface area contributed by atoms with E-state index in [1.165, 1.54) is 0 Å². The Morgan fingerprint density at radius 2 is 2.11 bits per heavy atom. The molecule has 0 saturated carbocycles. The van der Waals surface area contributed by atoms with Crippen molar-refractivity contribution in [2.45, 2.75) is 25.8 Å². The molecule has 0 aromatic carbocycles. The molecule has 18 heavy (non-hydrogen) atoms. The minimum atomic E-state index is 0.308. The maximum absolute atomic E-state index is 5.63. The fourth-order valence-electron chi connectivity index (χ4n) is 2.07. The first-order chi connectivity index (χ1) is 8.58. The highest BCUT2D eigenvalue weighted by atomic mass is 32.1. The third-order valence-electron chi connectivity index (χ3n) is 3.15. The highest BCUT2D eigenvalue weighted by Gasteiger charge is 2.21. The summed E-state index contributed by atoms with van der Waals surface area (Å²) in [5, 5.41) is 0. The minimum Gasteiger partial charge on any atom is -0.388 e. The zero-order chi connectivity index (χ0) is 13.1. The summed E-state index contributed by atoms with van der Waals surface area (Å²) in [5.41, 5.74) is 7.14. The van der Waals surface area contributed by atoms with Gasteiger partial charge in [0.15, 0.2) is 0 Å². The van der Waals surface area contributed by atoms with Crippen LogP contribution in [-0.2, 0) is 4.74 Å². The Balaban J connectivity index is 2.23. The third-order valence-corrected chi connectivity index (χ3v) is 3.36. The third kappa shape index (κ3) is 2.94. The molecule has 0 bridgehead atoms. The molecule has 5 nitrogen and oxygen atoms in total. The molecule has 0 unspecified atom stereocenters. The maximum atomic E-state index is 5.63. The van der Waals surface area contributed by atoms with Crippen LogP contribution in [0.2, 0.25) is 0 Å². The quantitative estimate of drug-likeness (QED) is 0.825.